The van der Waals surface area contributed by atoms with Gasteiger partial charge >= 0.3 is 5.97 Å². The van der Waals surface area contributed by atoms with Crippen molar-refractivity contribution < 1.29 is 19.1 Å². The molecule has 1 amide bonds. The summed E-state index contributed by atoms with van der Waals surface area (Å²) in [6.45, 7) is 4.15. The molecule has 142 valence electrons. The SMILES string of the molecule is C=CCOc1ccc([C@H]2CC(=O)N(c3cccc(Br)c3)C3=C2C(=O)OC3)cc1. The fourth-order valence-electron chi connectivity index (χ4n) is 3.61. The summed E-state index contributed by atoms with van der Waals surface area (Å²) in [6, 6.07) is 14.9. The van der Waals surface area contributed by atoms with Crippen LogP contribution in [0, 0.1) is 0 Å². The number of benzene rings is 2. The van der Waals surface area contributed by atoms with Crippen molar-refractivity contribution in [2.24, 2.45) is 0 Å². The normalized spacial score (nSPS) is 18.8. The third-order valence-corrected chi connectivity index (χ3v) is 5.33. The summed E-state index contributed by atoms with van der Waals surface area (Å²) >= 11 is 3.44. The van der Waals surface area contributed by atoms with Gasteiger partial charge in [0.15, 0.2) is 0 Å². The van der Waals surface area contributed by atoms with Gasteiger partial charge in [-0.25, -0.2) is 4.79 Å². The Kier molecular flexibility index (Phi) is 5.05. The Bertz CT molecular complexity index is 980. The van der Waals surface area contributed by atoms with E-state index in [2.05, 4.69) is 22.5 Å². The van der Waals surface area contributed by atoms with Gasteiger partial charge in [0, 0.05) is 22.5 Å². The summed E-state index contributed by atoms with van der Waals surface area (Å²) in [5.41, 5.74) is 2.78. The molecule has 2 heterocycles. The van der Waals surface area contributed by atoms with E-state index in [-0.39, 0.29) is 30.8 Å². The number of nitrogens with zero attached hydrogens (tertiary/aromatic N) is 1. The first kappa shape index (κ1) is 18.5. The van der Waals surface area contributed by atoms with E-state index in [1.165, 1.54) is 0 Å². The zero-order chi connectivity index (χ0) is 19.7. The molecule has 0 aromatic heterocycles. The van der Waals surface area contributed by atoms with Crippen LogP contribution in [0.2, 0.25) is 0 Å². The number of hydrogen-bond acceptors (Lipinski definition) is 4. The van der Waals surface area contributed by atoms with Gasteiger partial charge in [0.2, 0.25) is 5.91 Å². The molecule has 0 saturated heterocycles. The van der Waals surface area contributed by atoms with Crippen LogP contribution >= 0.6 is 15.9 Å². The second kappa shape index (κ2) is 7.64. The van der Waals surface area contributed by atoms with E-state index in [1.807, 2.05) is 48.5 Å². The van der Waals surface area contributed by atoms with E-state index in [1.54, 1.807) is 11.0 Å². The molecule has 2 aliphatic heterocycles. The molecule has 0 N–H and O–H groups in total. The van der Waals surface area contributed by atoms with Crippen molar-refractivity contribution in [2.75, 3.05) is 18.1 Å². The summed E-state index contributed by atoms with van der Waals surface area (Å²) in [4.78, 5) is 27.1. The minimum Gasteiger partial charge on any atom is -0.490 e. The minimum atomic E-state index is -0.362. The van der Waals surface area contributed by atoms with Crippen LogP contribution in [-0.4, -0.2) is 25.1 Å². The average Bonchev–Trinajstić information content (AvgIpc) is 3.07. The second-order valence-corrected chi connectivity index (χ2v) is 7.49. The molecule has 0 spiro atoms. The average molecular weight is 440 g/mol. The van der Waals surface area contributed by atoms with E-state index >= 15 is 0 Å². The lowest BCUT2D eigenvalue weighted by Crippen LogP contribution is -2.37. The van der Waals surface area contributed by atoms with E-state index < -0.39 is 0 Å². The van der Waals surface area contributed by atoms with Crippen molar-refractivity contribution in [1.82, 2.24) is 0 Å². The number of anilines is 1. The Morgan fingerprint density at radius 3 is 2.71 bits per heavy atom. The molecule has 4 rings (SSSR count). The van der Waals surface area contributed by atoms with Crippen LogP contribution in [0.15, 0.2) is 76.9 Å². The van der Waals surface area contributed by atoms with Gasteiger partial charge in [0.05, 0.1) is 11.3 Å². The van der Waals surface area contributed by atoms with Gasteiger partial charge < -0.3 is 9.47 Å². The lowest BCUT2D eigenvalue weighted by molar-refractivity contribution is -0.136. The third-order valence-electron chi connectivity index (χ3n) is 4.83. The molecule has 0 bridgehead atoms. The Balaban J connectivity index is 1.72. The highest BCUT2D eigenvalue weighted by Crippen LogP contribution is 2.42. The lowest BCUT2D eigenvalue weighted by atomic mass is 9.84. The van der Waals surface area contributed by atoms with Gasteiger partial charge in [-0.3, -0.25) is 9.69 Å². The maximum absolute atomic E-state index is 13.0. The highest BCUT2D eigenvalue weighted by atomic mass is 79.9. The molecule has 0 unspecified atom stereocenters. The van der Waals surface area contributed by atoms with Crippen LogP contribution in [0.3, 0.4) is 0 Å². The molecule has 5 nitrogen and oxygen atoms in total. The molecule has 0 saturated carbocycles. The number of amides is 1. The van der Waals surface area contributed by atoms with Crippen molar-refractivity contribution >= 4 is 33.5 Å². The van der Waals surface area contributed by atoms with Gasteiger partial charge in [-0.05, 0) is 35.9 Å². The fraction of sp³-hybridized carbons (Fsp3) is 0.182. The first-order chi connectivity index (χ1) is 13.6. The summed E-state index contributed by atoms with van der Waals surface area (Å²) < 4.78 is 11.7. The van der Waals surface area contributed by atoms with E-state index in [0.29, 0.717) is 23.6 Å². The molecule has 1 atom stereocenters. The molecular formula is C22H18BrNO4. The topological polar surface area (TPSA) is 55.8 Å². The monoisotopic (exact) mass is 439 g/mol. The number of ether oxygens (including phenoxy) is 2. The van der Waals surface area contributed by atoms with E-state index in [9.17, 15) is 9.59 Å². The summed E-state index contributed by atoms with van der Waals surface area (Å²) in [6.07, 6.45) is 1.88. The van der Waals surface area contributed by atoms with Gasteiger partial charge in [-0.15, -0.1) is 0 Å². The molecule has 28 heavy (non-hydrogen) atoms. The quantitative estimate of drug-likeness (QED) is 0.513. The van der Waals surface area contributed by atoms with Crippen LogP contribution in [0.4, 0.5) is 5.69 Å². The van der Waals surface area contributed by atoms with Gasteiger partial charge in [0.25, 0.3) is 0 Å². The third kappa shape index (κ3) is 3.36. The van der Waals surface area contributed by atoms with Gasteiger partial charge in [0.1, 0.15) is 19.0 Å². The molecule has 2 aromatic rings. The van der Waals surface area contributed by atoms with Crippen molar-refractivity contribution in [1.29, 1.82) is 0 Å². The molecule has 2 aromatic carbocycles. The number of cyclic esters (lactones) is 1. The Hall–Kier alpha value is -2.86. The molecular weight excluding hydrogens is 422 g/mol. The molecule has 6 heteroatoms. The predicted molar refractivity (Wildman–Crippen MR) is 109 cm³/mol. The largest absolute Gasteiger partial charge is 0.490 e. The summed E-state index contributed by atoms with van der Waals surface area (Å²) in [5, 5.41) is 0. The molecule has 2 aliphatic rings. The van der Waals surface area contributed by atoms with Gasteiger partial charge in [-0.2, -0.15) is 0 Å². The van der Waals surface area contributed by atoms with Crippen LogP contribution in [0.25, 0.3) is 0 Å². The van der Waals surface area contributed by atoms with Crippen LogP contribution < -0.4 is 9.64 Å². The van der Waals surface area contributed by atoms with E-state index in [4.69, 9.17) is 9.47 Å². The zero-order valence-corrected chi connectivity index (χ0v) is 16.6. The second-order valence-electron chi connectivity index (χ2n) is 6.57. The number of carbonyl (C=O) groups excluding carboxylic acids is 2. The predicted octanol–water partition coefficient (Wildman–Crippen LogP) is 4.35. The number of halogens is 1. The summed E-state index contributed by atoms with van der Waals surface area (Å²) in [5.74, 6) is -0.0364. The molecule has 0 radical (unpaired) electrons. The highest BCUT2D eigenvalue weighted by molar-refractivity contribution is 9.10. The maximum atomic E-state index is 13.0. The maximum Gasteiger partial charge on any atom is 0.336 e. The minimum absolute atomic E-state index is 0.0628. The standard InChI is InChI=1S/C22H18BrNO4/c1-2-10-27-17-8-6-14(7-9-17)18-12-20(25)24(16-5-3-4-15(23)11-16)19-13-28-22(26)21(18)19/h2-9,11,18H,1,10,12-13H2/t18-/m1/s1. The first-order valence-electron chi connectivity index (χ1n) is 8.91. The zero-order valence-electron chi connectivity index (χ0n) is 15.1. The van der Waals surface area contributed by atoms with Crippen LogP contribution in [-0.2, 0) is 14.3 Å². The number of hydrogen-bond donors (Lipinski definition) is 0. The Morgan fingerprint density at radius 1 is 1.21 bits per heavy atom. The summed E-state index contributed by atoms with van der Waals surface area (Å²) in [7, 11) is 0. The molecule has 0 fully saturated rings. The van der Waals surface area contributed by atoms with Crippen molar-refractivity contribution in [3.8, 4) is 5.75 Å². The van der Waals surface area contributed by atoms with Crippen molar-refractivity contribution in [2.45, 2.75) is 12.3 Å². The number of carbonyl (C=O) groups is 2. The Labute approximate surface area is 171 Å². The highest BCUT2D eigenvalue weighted by Gasteiger charge is 2.42. The van der Waals surface area contributed by atoms with E-state index in [0.717, 1.165) is 15.7 Å². The Morgan fingerprint density at radius 2 is 2.00 bits per heavy atom. The van der Waals surface area contributed by atoms with Crippen molar-refractivity contribution in [3.63, 3.8) is 0 Å². The smallest absolute Gasteiger partial charge is 0.336 e. The molecule has 0 aliphatic carbocycles. The van der Waals surface area contributed by atoms with Crippen LogP contribution in [0.1, 0.15) is 17.9 Å². The van der Waals surface area contributed by atoms with Crippen molar-refractivity contribution in [3.05, 3.63) is 82.5 Å². The lowest BCUT2D eigenvalue weighted by Gasteiger charge is -2.32. The first-order valence-corrected chi connectivity index (χ1v) is 9.70. The number of rotatable bonds is 5. The van der Waals surface area contributed by atoms with Crippen LogP contribution in [0.5, 0.6) is 5.75 Å². The number of esters is 1. The fourth-order valence-corrected chi connectivity index (χ4v) is 3.99. The van der Waals surface area contributed by atoms with Gasteiger partial charge in [-0.1, -0.05) is 46.8 Å².